The predicted octanol–water partition coefficient (Wildman–Crippen LogP) is 2.34. The third kappa shape index (κ3) is 3.02. The van der Waals surface area contributed by atoms with E-state index in [-0.39, 0.29) is 24.6 Å². The molecular formula is C13H22O5. The summed E-state index contributed by atoms with van der Waals surface area (Å²) >= 11 is 0. The molecule has 0 N–H and O–H groups in total. The van der Waals surface area contributed by atoms with Crippen LogP contribution in [0.15, 0.2) is 0 Å². The third-order valence-electron chi connectivity index (χ3n) is 3.50. The van der Waals surface area contributed by atoms with Gasteiger partial charge in [0.25, 0.3) is 0 Å². The van der Waals surface area contributed by atoms with Crippen molar-refractivity contribution in [3.8, 4) is 0 Å². The number of esters is 1. The fourth-order valence-electron chi connectivity index (χ4n) is 2.51. The summed E-state index contributed by atoms with van der Waals surface area (Å²) in [6, 6.07) is 0. The van der Waals surface area contributed by atoms with Crippen molar-refractivity contribution < 1.29 is 24.0 Å². The summed E-state index contributed by atoms with van der Waals surface area (Å²) in [7, 11) is 0. The smallest absolute Gasteiger partial charge is 0.308 e. The average Bonchev–Trinajstić information content (AvgIpc) is 2.71. The first-order valence-electron chi connectivity index (χ1n) is 6.87. The van der Waals surface area contributed by atoms with Gasteiger partial charge >= 0.3 is 5.97 Å². The zero-order valence-electron chi connectivity index (χ0n) is 11.1. The summed E-state index contributed by atoms with van der Waals surface area (Å²) in [6.07, 6.45) is 4.56. The van der Waals surface area contributed by atoms with Gasteiger partial charge in [-0.2, -0.15) is 0 Å². The Morgan fingerprint density at radius 3 is 3.00 bits per heavy atom. The van der Waals surface area contributed by atoms with E-state index in [1.54, 1.807) is 6.92 Å². The molecule has 2 aliphatic rings. The normalized spacial score (nSPS) is 34.6. The molecular weight excluding hydrogens is 236 g/mol. The Kier molecular flexibility index (Phi) is 4.59. The number of hydrogen-bond donors (Lipinski definition) is 0. The summed E-state index contributed by atoms with van der Waals surface area (Å²) in [4.78, 5) is 22.2. The lowest BCUT2D eigenvalue weighted by atomic mass is 10.0. The summed E-state index contributed by atoms with van der Waals surface area (Å²) in [6.45, 7) is 4.31. The van der Waals surface area contributed by atoms with Crippen molar-refractivity contribution in [3.05, 3.63) is 0 Å². The van der Waals surface area contributed by atoms with E-state index in [2.05, 4.69) is 6.92 Å². The van der Waals surface area contributed by atoms with Gasteiger partial charge in [0, 0.05) is 12.8 Å². The highest BCUT2D eigenvalue weighted by Crippen LogP contribution is 2.42. The van der Waals surface area contributed by atoms with Gasteiger partial charge < -0.3 is 9.47 Å². The molecule has 2 bridgehead atoms. The molecule has 0 saturated carbocycles. The minimum absolute atomic E-state index is 0.0417. The van der Waals surface area contributed by atoms with E-state index < -0.39 is 5.79 Å². The standard InChI is InChI=1S/C13H22O5/c1-3-5-7-13-8-6-10(16-13)11(17-18-13)9-12(14)15-4-2/h10-11H,3-9H2,1-2H3/t10-,11+,13-/m0/s1. The molecule has 18 heavy (non-hydrogen) atoms. The fourth-order valence-corrected chi connectivity index (χ4v) is 2.51. The Labute approximate surface area is 108 Å². The van der Waals surface area contributed by atoms with E-state index in [1.165, 1.54) is 0 Å². The number of fused-ring (bicyclic) bond motifs is 2. The van der Waals surface area contributed by atoms with E-state index in [0.29, 0.717) is 6.61 Å². The zero-order valence-corrected chi connectivity index (χ0v) is 11.1. The number of unbranched alkanes of at least 4 members (excludes halogenated alkanes) is 1. The van der Waals surface area contributed by atoms with Crippen molar-refractivity contribution in [1.82, 2.24) is 0 Å². The molecule has 0 aromatic heterocycles. The number of carbonyl (C=O) groups excluding carboxylic acids is 1. The lowest BCUT2D eigenvalue weighted by molar-refractivity contribution is -0.485. The van der Waals surface area contributed by atoms with Crippen molar-refractivity contribution in [2.75, 3.05) is 6.61 Å². The highest BCUT2D eigenvalue weighted by Gasteiger charge is 2.50. The largest absolute Gasteiger partial charge is 0.466 e. The van der Waals surface area contributed by atoms with Crippen LogP contribution >= 0.6 is 0 Å². The maximum absolute atomic E-state index is 11.4. The van der Waals surface area contributed by atoms with Crippen LogP contribution in [0.1, 0.15) is 52.4 Å². The summed E-state index contributed by atoms with van der Waals surface area (Å²) < 4.78 is 10.8. The first-order valence-corrected chi connectivity index (χ1v) is 6.87. The average molecular weight is 258 g/mol. The van der Waals surface area contributed by atoms with Gasteiger partial charge in [-0.1, -0.05) is 13.3 Å². The van der Waals surface area contributed by atoms with Gasteiger partial charge in [0.2, 0.25) is 5.79 Å². The van der Waals surface area contributed by atoms with E-state index >= 15 is 0 Å². The Morgan fingerprint density at radius 1 is 1.44 bits per heavy atom. The second kappa shape index (κ2) is 5.99. The molecule has 0 radical (unpaired) electrons. The number of hydrogen-bond acceptors (Lipinski definition) is 5. The van der Waals surface area contributed by atoms with Gasteiger partial charge in [-0.25, -0.2) is 9.78 Å². The maximum atomic E-state index is 11.4. The molecule has 0 aromatic carbocycles. The fraction of sp³-hybridized carbons (Fsp3) is 0.923. The summed E-state index contributed by atoms with van der Waals surface area (Å²) in [5, 5.41) is 0. The van der Waals surface area contributed by atoms with Crippen molar-refractivity contribution >= 4 is 5.97 Å². The van der Waals surface area contributed by atoms with Crippen LogP contribution in [0.3, 0.4) is 0 Å². The number of rotatable bonds is 6. The first kappa shape index (κ1) is 13.8. The minimum Gasteiger partial charge on any atom is -0.466 e. The molecule has 0 unspecified atom stereocenters. The van der Waals surface area contributed by atoms with Crippen LogP contribution in [0, 0.1) is 0 Å². The van der Waals surface area contributed by atoms with Crippen LogP contribution in [0.4, 0.5) is 0 Å². The van der Waals surface area contributed by atoms with Gasteiger partial charge in [-0.15, -0.1) is 0 Å². The highest BCUT2D eigenvalue weighted by molar-refractivity contribution is 5.70. The molecule has 0 aromatic rings. The zero-order chi connectivity index (χ0) is 13.0. The van der Waals surface area contributed by atoms with Gasteiger partial charge in [0.05, 0.1) is 19.1 Å². The van der Waals surface area contributed by atoms with Gasteiger partial charge in [0.1, 0.15) is 6.10 Å². The highest BCUT2D eigenvalue weighted by atomic mass is 17.2. The summed E-state index contributed by atoms with van der Waals surface area (Å²) in [5.41, 5.74) is 0. The SMILES string of the molecule is CCCC[C@]12CC[C@H](O1)[C@@H](CC(=O)OCC)OO2. The van der Waals surface area contributed by atoms with Crippen LogP contribution in [0.25, 0.3) is 0 Å². The predicted molar refractivity (Wildman–Crippen MR) is 63.6 cm³/mol. The van der Waals surface area contributed by atoms with Crippen LogP contribution in [-0.4, -0.2) is 30.6 Å². The molecule has 3 atom stereocenters. The van der Waals surface area contributed by atoms with Crippen molar-refractivity contribution in [2.24, 2.45) is 0 Å². The molecule has 104 valence electrons. The molecule has 2 aliphatic heterocycles. The first-order chi connectivity index (χ1) is 8.69. The van der Waals surface area contributed by atoms with Crippen LogP contribution in [0.5, 0.6) is 0 Å². The van der Waals surface area contributed by atoms with Gasteiger partial charge in [0.15, 0.2) is 0 Å². The monoisotopic (exact) mass is 258 g/mol. The Hall–Kier alpha value is -0.650. The van der Waals surface area contributed by atoms with Gasteiger partial charge in [-0.05, 0) is 19.8 Å². The second-order valence-corrected chi connectivity index (χ2v) is 4.94. The molecule has 5 heteroatoms. The molecule has 2 saturated heterocycles. The van der Waals surface area contributed by atoms with Crippen molar-refractivity contribution in [2.45, 2.75) is 70.4 Å². The molecule has 2 fully saturated rings. The maximum Gasteiger partial charge on any atom is 0.308 e. The van der Waals surface area contributed by atoms with Crippen LogP contribution in [0.2, 0.25) is 0 Å². The Morgan fingerprint density at radius 2 is 2.28 bits per heavy atom. The topological polar surface area (TPSA) is 54.0 Å². The van der Waals surface area contributed by atoms with E-state index in [9.17, 15) is 4.79 Å². The number of carbonyl (C=O) groups is 1. The molecule has 0 aliphatic carbocycles. The summed E-state index contributed by atoms with van der Waals surface area (Å²) in [5.74, 6) is -0.825. The molecule has 0 amide bonds. The van der Waals surface area contributed by atoms with E-state index in [1.807, 2.05) is 0 Å². The van der Waals surface area contributed by atoms with E-state index in [4.69, 9.17) is 19.2 Å². The van der Waals surface area contributed by atoms with E-state index in [0.717, 1.165) is 32.1 Å². The quantitative estimate of drug-likeness (QED) is 0.540. The minimum atomic E-state index is -0.564. The third-order valence-corrected chi connectivity index (χ3v) is 3.50. The van der Waals surface area contributed by atoms with Crippen molar-refractivity contribution in [1.29, 1.82) is 0 Å². The molecule has 0 spiro atoms. The molecule has 5 nitrogen and oxygen atoms in total. The number of ether oxygens (including phenoxy) is 2. The molecule has 2 rings (SSSR count). The molecule has 2 heterocycles. The van der Waals surface area contributed by atoms with Crippen LogP contribution < -0.4 is 0 Å². The van der Waals surface area contributed by atoms with Crippen molar-refractivity contribution in [3.63, 3.8) is 0 Å². The van der Waals surface area contributed by atoms with Gasteiger partial charge in [-0.3, -0.25) is 4.79 Å². The second-order valence-electron chi connectivity index (χ2n) is 4.94. The Balaban J connectivity index is 1.85. The van der Waals surface area contributed by atoms with Crippen LogP contribution in [-0.2, 0) is 24.0 Å². The lowest BCUT2D eigenvalue weighted by Crippen LogP contribution is -2.44. The lowest BCUT2D eigenvalue weighted by Gasteiger charge is -2.36. The Bertz CT molecular complexity index is 293.